The van der Waals surface area contributed by atoms with E-state index in [1.807, 2.05) is 58.0 Å². The van der Waals surface area contributed by atoms with Crippen molar-refractivity contribution in [2.75, 3.05) is 19.7 Å². The molecule has 1 heterocycles. The van der Waals surface area contributed by atoms with Crippen LogP contribution in [0.2, 0.25) is 0 Å². The number of carbonyl (C=O) groups is 2. The Balaban J connectivity index is 2.10. The molecule has 1 aromatic carbocycles. The van der Waals surface area contributed by atoms with Crippen LogP contribution >= 0.6 is 0 Å². The van der Waals surface area contributed by atoms with Crippen molar-refractivity contribution in [1.29, 1.82) is 0 Å². The first-order valence-electron chi connectivity index (χ1n) is 9.17. The maximum atomic E-state index is 12.4. The average Bonchev–Trinajstić information content (AvgIpc) is 2.98. The van der Waals surface area contributed by atoms with Crippen LogP contribution in [0.25, 0.3) is 0 Å². The lowest BCUT2D eigenvalue weighted by Crippen LogP contribution is -2.41. The van der Waals surface area contributed by atoms with Crippen LogP contribution in [0.3, 0.4) is 0 Å². The zero-order valence-corrected chi connectivity index (χ0v) is 16.3. The van der Waals surface area contributed by atoms with E-state index in [1.54, 1.807) is 11.8 Å². The minimum Gasteiger partial charge on any atom is -0.466 e. The van der Waals surface area contributed by atoms with Crippen LogP contribution in [-0.4, -0.2) is 48.3 Å². The lowest BCUT2D eigenvalue weighted by Gasteiger charge is -2.25. The van der Waals surface area contributed by atoms with Crippen LogP contribution in [0.1, 0.15) is 46.2 Å². The summed E-state index contributed by atoms with van der Waals surface area (Å²) >= 11 is 0. The molecule has 26 heavy (non-hydrogen) atoms. The first-order valence-corrected chi connectivity index (χ1v) is 9.17. The summed E-state index contributed by atoms with van der Waals surface area (Å²) in [4.78, 5) is 26.4. The molecule has 2 rings (SSSR count). The van der Waals surface area contributed by atoms with Gasteiger partial charge in [0, 0.05) is 25.2 Å². The van der Waals surface area contributed by atoms with Crippen molar-refractivity contribution >= 4 is 12.1 Å². The minimum atomic E-state index is -0.570. The third-order valence-electron chi connectivity index (χ3n) is 4.32. The van der Waals surface area contributed by atoms with E-state index in [4.69, 9.17) is 9.47 Å². The van der Waals surface area contributed by atoms with Crippen LogP contribution in [0.15, 0.2) is 30.3 Å². The van der Waals surface area contributed by atoms with Crippen molar-refractivity contribution in [2.24, 2.45) is 5.92 Å². The summed E-state index contributed by atoms with van der Waals surface area (Å²) in [5.74, 6) is -0.690. The highest BCUT2D eigenvalue weighted by Crippen LogP contribution is 2.24. The molecule has 6 nitrogen and oxygen atoms in total. The quantitative estimate of drug-likeness (QED) is 0.815. The average molecular weight is 362 g/mol. The Kier molecular flexibility index (Phi) is 6.64. The summed E-state index contributed by atoms with van der Waals surface area (Å²) in [6, 6.07) is 9.89. The van der Waals surface area contributed by atoms with Gasteiger partial charge in [0.2, 0.25) is 0 Å². The van der Waals surface area contributed by atoms with Crippen molar-refractivity contribution in [1.82, 2.24) is 10.2 Å². The maximum absolute atomic E-state index is 12.4. The summed E-state index contributed by atoms with van der Waals surface area (Å²) < 4.78 is 10.7. The van der Waals surface area contributed by atoms with E-state index in [9.17, 15) is 9.59 Å². The Labute approximate surface area is 155 Å². The number of nitrogens with one attached hydrogen (secondary N) is 1. The summed E-state index contributed by atoms with van der Waals surface area (Å²) in [5.41, 5.74) is 0.560. The number of benzene rings is 1. The van der Waals surface area contributed by atoms with Gasteiger partial charge >= 0.3 is 12.1 Å². The molecule has 1 saturated heterocycles. The van der Waals surface area contributed by atoms with Gasteiger partial charge in [-0.1, -0.05) is 30.3 Å². The smallest absolute Gasteiger partial charge is 0.410 e. The molecule has 1 fully saturated rings. The Hall–Kier alpha value is -2.08. The molecule has 2 unspecified atom stereocenters. The van der Waals surface area contributed by atoms with Crippen molar-refractivity contribution in [3.63, 3.8) is 0 Å². The predicted molar refractivity (Wildman–Crippen MR) is 99.7 cm³/mol. The number of hydrogen-bond acceptors (Lipinski definition) is 5. The Morgan fingerprint density at radius 3 is 2.46 bits per heavy atom. The van der Waals surface area contributed by atoms with Crippen molar-refractivity contribution in [3.8, 4) is 0 Å². The number of rotatable bonds is 5. The van der Waals surface area contributed by atoms with E-state index in [0.29, 0.717) is 19.7 Å². The van der Waals surface area contributed by atoms with Gasteiger partial charge in [0.25, 0.3) is 0 Å². The number of amides is 1. The minimum absolute atomic E-state index is 0.0525. The van der Waals surface area contributed by atoms with Gasteiger partial charge in [-0.2, -0.15) is 0 Å². The molecule has 0 saturated carbocycles. The summed E-state index contributed by atoms with van der Waals surface area (Å²) in [5, 5.41) is 3.48. The van der Waals surface area contributed by atoms with E-state index in [1.165, 1.54) is 0 Å². The molecular formula is C20H30N2O4. The normalized spacial score (nSPS) is 21.3. The van der Waals surface area contributed by atoms with Crippen molar-refractivity contribution in [2.45, 2.75) is 52.3 Å². The fourth-order valence-corrected chi connectivity index (χ4v) is 3.10. The molecule has 0 bridgehead atoms. The molecule has 6 heteroatoms. The highest BCUT2D eigenvalue weighted by molar-refractivity contribution is 5.77. The van der Waals surface area contributed by atoms with Gasteiger partial charge in [0.1, 0.15) is 5.60 Å². The molecule has 1 N–H and O–H groups in total. The molecule has 0 radical (unpaired) electrons. The first-order chi connectivity index (χ1) is 12.2. The summed E-state index contributed by atoms with van der Waals surface area (Å²) in [6.45, 7) is 10.4. The molecule has 1 aromatic rings. The number of ether oxygens (including phenoxy) is 2. The lowest BCUT2D eigenvalue weighted by molar-refractivity contribution is -0.148. The van der Waals surface area contributed by atoms with Crippen LogP contribution in [-0.2, 0) is 14.3 Å². The van der Waals surface area contributed by atoms with Crippen molar-refractivity contribution in [3.05, 3.63) is 35.9 Å². The molecule has 1 aliphatic rings. The molecule has 0 aliphatic carbocycles. The van der Waals surface area contributed by atoms with Gasteiger partial charge < -0.3 is 19.7 Å². The topological polar surface area (TPSA) is 67.9 Å². The van der Waals surface area contributed by atoms with E-state index in [-0.39, 0.29) is 18.1 Å². The number of nitrogens with zero attached hydrogens (tertiary/aromatic N) is 1. The Morgan fingerprint density at radius 1 is 1.23 bits per heavy atom. The molecule has 1 amide bonds. The number of esters is 1. The molecule has 0 spiro atoms. The monoisotopic (exact) mass is 362 g/mol. The van der Waals surface area contributed by atoms with E-state index < -0.39 is 17.6 Å². The predicted octanol–water partition coefficient (Wildman–Crippen LogP) is 3.14. The molecular weight excluding hydrogens is 332 g/mol. The maximum Gasteiger partial charge on any atom is 0.410 e. The first kappa shape index (κ1) is 20.2. The van der Waals surface area contributed by atoms with Crippen LogP contribution < -0.4 is 5.32 Å². The molecule has 144 valence electrons. The molecule has 0 aromatic heterocycles. The molecule has 1 aliphatic heterocycles. The fraction of sp³-hybridized carbons (Fsp3) is 0.600. The highest BCUT2D eigenvalue weighted by atomic mass is 16.6. The summed E-state index contributed by atoms with van der Waals surface area (Å²) in [7, 11) is 0. The molecule has 3 atom stereocenters. The van der Waals surface area contributed by atoms with Gasteiger partial charge in [0.15, 0.2) is 0 Å². The zero-order valence-electron chi connectivity index (χ0n) is 16.3. The zero-order chi connectivity index (χ0) is 19.3. The second-order valence-electron chi connectivity index (χ2n) is 7.65. The van der Waals surface area contributed by atoms with Gasteiger partial charge in [-0.25, -0.2) is 4.79 Å². The lowest BCUT2D eigenvalue weighted by atomic mass is 10.0. The second-order valence-corrected chi connectivity index (χ2v) is 7.65. The van der Waals surface area contributed by atoms with E-state index in [0.717, 1.165) is 5.56 Å². The standard InChI is InChI=1S/C20H30N2O4/c1-6-25-18(23)16-12-22(19(24)26-20(3,4)5)13-17(16)21-14(2)15-10-8-7-9-11-15/h7-11,14,16-17,21H,6,12-13H2,1-5H3/t14-,16?,17?/m0/s1. The Bertz CT molecular complexity index is 612. The third-order valence-corrected chi connectivity index (χ3v) is 4.32. The largest absolute Gasteiger partial charge is 0.466 e. The van der Waals surface area contributed by atoms with E-state index in [2.05, 4.69) is 5.32 Å². The van der Waals surface area contributed by atoms with Gasteiger partial charge in [-0.05, 0) is 40.2 Å². The third kappa shape index (κ3) is 5.46. The number of hydrogen-bond donors (Lipinski definition) is 1. The van der Waals surface area contributed by atoms with E-state index >= 15 is 0 Å². The SMILES string of the molecule is CCOC(=O)C1CN(C(=O)OC(C)(C)C)CC1N[C@@H](C)c1ccccc1. The van der Waals surface area contributed by atoms with Gasteiger partial charge in [-0.3, -0.25) is 4.79 Å². The second kappa shape index (κ2) is 8.54. The Morgan fingerprint density at radius 2 is 1.88 bits per heavy atom. The number of carbonyl (C=O) groups excluding carboxylic acids is 2. The van der Waals surface area contributed by atoms with Crippen LogP contribution in [0.4, 0.5) is 4.79 Å². The number of likely N-dealkylation sites (tertiary alicyclic amines) is 1. The van der Waals surface area contributed by atoms with Crippen LogP contribution in [0.5, 0.6) is 0 Å². The van der Waals surface area contributed by atoms with Gasteiger partial charge in [-0.15, -0.1) is 0 Å². The van der Waals surface area contributed by atoms with Gasteiger partial charge in [0.05, 0.1) is 12.5 Å². The summed E-state index contributed by atoms with van der Waals surface area (Å²) in [6.07, 6.45) is -0.400. The van der Waals surface area contributed by atoms with Crippen molar-refractivity contribution < 1.29 is 19.1 Å². The van der Waals surface area contributed by atoms with Crippen LogP contribution in [0, 0.1) is 5.92 Å². The highest BCUT2D eigenvalue weighted by Gasteiger charge is 2.42. The fourth-order valence-electron chi connectivity index (χ4n) is 3.10.